The third-order valence-electron chi connectivity index (χ3n) is 6.14. The minimum atomic E-state index is -0.198. The number of hydrogen-bond acceptors (Lipinski definition) is 4. The van der Waals surface area contributed by atoms with Gasteiger partial charge >= 0.3 is 0 Å². The number of halogens is 1. The molecular weight excluding hydrogens is 379 g/mol. The number of piperazine rings is 1. The number of nitrogens with zero attached hydrogens (tertiary/aromatic N) is 5. The molecule has 0 aliphatic carbocycles. The summed E-state index contributed by atoms with van der Waals surface area (Å²) in [5, 5.41) is 0. The van der Waals surface area contributed by atoms with E-state index in [-0.39, 0.29) is 5.82 Å². The third-order valence-corrected chi connectivity index (χ3v) is 6.14. The van der Waals surface area contributed by atoms with Crippen LogP contribution in [0.2, 0.25) is 0 Å². The molecule has 2 aromatic rings. The summed E-state index contributed by atoms with van der Waals surface area (Å²) in [6.45, 7) is 8.39. The molecule has 0 spiro atoms. The monoisotopic (exact) mass is 410 g/mol. The highest BCUT2D eigenvalue weighted by atomic mass is 19.1. The number of benzene rings is 1. The molecule has 0 radical (unpaired) electrons. The molecule has 3 heterocycles. The highest BCUT2D eigenvalue weighted by Gasteiger charge is 2.19. The Kier molecular flexibility index (Phi) is 6.35. The Hall–Kier alpha value is -2.83. The van der Waals surface area contributed by atoms with Crippen LogP contribution in [-0.2, 0) is 6.54 Å². The zero-order chi connectivity index (χ0) is 20.9. The number of pyridine rings is 1. The van der Waals surface area contributed by atoms with Crippen LogP contribution in [0.15, 0.2) is 47.6 Å². The zero-order valence-electron chi connectivity index (χ0n) is 17.7. The summed E-state index contributed by atoms with van der Waals surface area (Å²) in [5.74, 6) is 2.21. The molecule has 0 unspecified atom stereocenters. The number of aliphatic imine (C=N–C) groups is 1. The average Bonchev–Trinajstić information content (AvgIpc) is 2.79. The average molecular weight is 411 g/mol. The molecule has 4 rings (SSSR count). The van der Waals surface area contributed by atoms with Crippen molar-refractivity contribution < 1.29 is 4.39 Å². The number of likely N-dealkylation sites (tertiary alicyclic amines) is 1. The Morgan fingerprint density at radius 2 is 1.70 bits per heavy atom. The van der Waals surface area contributed by atoms with Gasteiger partial charge in [0.25, 0.3) is 0 Å². The van der Waals surface area contributed by atoms with E-state index in [0.29, 0.717) is 12.5 Å². The van der Waals surface area contributed by atoms with E-state index in [9.17, 15) is 4.39 Å². The second kappa shape index (κ2) is 9.32. The quantitative estimate of drug-likeness (QED) is 0.620. The Morgan fingerprint density at radius 1 is 1.03 bits per heavy atom. The van der Waals surface area contributed by atoms with Crippen molar-refractivity contribution in [2.45, 2.75) is 26.3 Å². The molecule has 2 saturated heterocycles. The summed E-state index contributed by atoms with van der Waals surface area (Å²) in [6.07, 6.45) is 4.21. The topological polar surface area (TPSA) is 61.0 Å². The summed E-state index contributed by atoms with van der Waals surface area (Å²) in [5.41, 5.74) is 8.41. The van der Waals surface area contributed by atoms with Gasteiger partial charge in [0.15, 0.2) is 5.96 Å². The molecule has 0 bridgehead atoms. The fourth-order valence-electron chi connectivity index (χ4n) is 4.09. The first-order chi connectivity index (χ1) is 14.6. The predicted molar refractivity (Wildman–Crippen MR) is 120 cm³/mol. The van der Waals surface area contributed by atoms with Crippen molar-refractivity contribution in [1.82, 2.24) is 9.88 Å². The van der Waals surface area contributed by atoms with Gasteiger partial charge in [0.2, 0.25) is 0 Å². The van der Waals surface area contributed by atoms with Gasteiger partial charge in [-0.2, -0.15) is 0 Å². The Bertz CT molecular complexity index is 852. The molecule has 0 atom stereocenters. The fourth-order valence-corrected chi connectivity index (χ4v) is 4.09. The minimum Gasteiger partial charge on any atom is -0.370 e. The first kappa shape index (κ1) is 20.4. The number of hydrogen-bond donors (Lipinski definition) is 1. The standard InChI is InChI=1S/C23H31FN6/c1-18-7-10-30(11-8-18)23(25)27-17-19-6-9-26-22(16-19)29-14-12-28(13-15-29)21-4-2-20(24)3-5-21/h2-6,9,16,18H,7-8,10-15,17H2,1H3,(H2,25,27). The molecule has 0 saturated carbocycles. The van der Waals surface area contributed by atoms with Gasteiger partial charge < -0.3 is 20.4 Å². The van der Waals surface area contributed by atoms with Crippen LogP contribution in [0.3, 0.4) is 0 Å². The number of guanidine groups is 1. The van der Waals surface area contributed by atoms with E-state index in [0.717, 1.165) is 62.3 Å². The molecule has 30 heavy (non-hydrogen) atoms. The summed E-state index contributed by atoms with van der Waals surface area (Å²) < 4.78 is 13.2. The first-order valence-electron chi connectivity index (χ1n) is 10.8. The number of rotatable bonds is 4. The van der Waals surface area contributed by atoms with Crippen LogP contribution < -0.4 is 15.5 Å². The fraction of sp³-hybridized carbons (Fsp3) is 0.478. The summed E-state index contributed by atoms with van der Waals surface area (Å²) >= 11 is 0. The van der Waals surface area contributed by atoms with E-state index >= 15 is 0 Å². The lowest BCUT2D eigenvalue weighted by molar-refractivity contribution is 0.277. The number of piperidine rings is 1. The molecule has 0 amide bonds. The van der Waals surface area contributed by atoms with Crippen molar-refractivity contribution >= 4 is 17.5 Å². The van der Waals surface area contributed by atoms with Crippen molar-refractivity contribution in [3.63, 3.8) is 0 Å². The van der Waals surface area contributed by atoms with Crippen LogP contribution >= 0.6 is 0 Å². The van der Waals surface area contributed by atoms with Crippen molar-refractivity contribution in [3.8, 4) is 0 Å². The third kappa shape index (κ3) is 5.01. The number of aromatic nitrogens is 1. The smallest absolute Gasteiger partial charge is 0.191 e. The minimum absolute atomic E-state index is 0.198. The summed E-state index contributed by atoms with van der Waals surface area (Å²) in [7, 11) is 0. The van der Waals surface area contributed by atoms with E-state index < -0.39 is 0 Å². The Morgan fingerprint density at radius 3 is 2.40 bits per heavy atom. The van der Waals surface area contributed by atoms with Gasteiger partial charge in [-0.1, -0.05) is 6.92 Å². The SMILES string of the molecule is CC1CCN(C(N)=NCc2ccnc(N3CCN(c4ccc(F)cc4)CC3)c2)CC1. The van der Waals surface area contributed by atoms with Gasteiger partial charge in [0.05, 0.1) is 6.54 Å². The lowest BCUT2D eigenvalue weighted by atomic mass is 10.00. The maximum Gasteiger partial charge on any atom is 0.191 e. The maximum absolute atomic E-state index is 13.2. The van der Waals surface area contributed by atoms with Gasteiger partial charge in [-0.3, -0.25) is 0 Å². The Labute approximate surface area is 178 Å². The van der Waals surface area contributed by atoms with E-state index in [1.54, 1.807) is 0 Å². The van der Waals surface area contributed by atoms with Crippen molar-refractivity contribution in [1.29, 1.82) is 0 Å². The van der Waals surface area contributed by atoms with Crippen molar-refractivity contribution in [3.05, 3.63) is 54.0 Å². The highest BCUT2D eigenvalue weighted by Crippen LogP contribution is 2.21. The van der Waals surface area contributed by atoms with Gasteiger partial charge in [0, 0.05) is 51.2 Å². The molecule has 160 valence electrons. The van der Waals surface area contributed by atoms with Crippen LogP contribution in [0, 0.1) is 11.7 Å². The van der Waals surface area contributed by atoms with E-state index in [1.807, 2.05) is 24.4 Å². The summed E-state index contributed by atoms with van der Waals surface area (Å²) in [6, 6.07) is 10.8. The van der Waals surface area contributed by atoms with Gasteiger partial charge in [-0.05, 0) is 60.7 Å². The number of anilines is 2. The number of nitrogens with two attached hydrogens (primary N) is 1. The van der Waals surface area contributed by atoms with E-state index in [1.165, 1.54) is 25.0 Å². The molecule has 2 aliphatic rings. The molecule has 2 N–H and O–H groups in total. The van der Waals surface area contributed by atoms with Gasteiger partial charge in [-0.25, -0.2) is 14.4 Å². The van der Waals surface area contributed by atoms with Crippen LogP contribution in [0.25, 0.3) is 0 Å². The summed E-state index contributed by atoms with van der Waals surface area (Å²) in [4.78, 5) is 16.0. The van der Waals surface area contributed by atoms with Gasteiger partial charge in [-0.15, -0.1) is 0 Å². The second-order valence-electron chi connectivity index (χ2n) is 8.32. The normalized spacial score (nSPS) is 18.7. The Balaban J connectivity index is 1.33. The van der Waals surface area contributed by atoms with Crippen molar-refractivity contribution in [2.75, 3.05) is 49.1 Å². The predicted octanol–water partition coefficient (Wildman–Crippen LogP) is 3.09. The molecule has 1 aromatic carbocycles. The molecule has 2 fully saturated rings. The molecule has 1 aromatic heterocycles. The first-order valence-corrected chi connectivity index (χ1v) is 10.8. The van der Waals surface area contributed by atoms with Gasteiger partial charge in [0.1, 0.15) is 11.6 Å². The van der Waals surface area contributed by atoms with Crippen molar-refractivity contribution in [2.24, 2.45) is 16.6 Å². The second-order valence-corrected chi connectivity index (χ2v) is 8.32. The molecule has 7 heteroatoms. The van der Waals surface area contributed by atoms with Crippen LogP contribution in [0.4, 0.5) is 15.9 Å². The zero-order valence-corrected chi connectivity index (χ0v) is 17.7. The lowest BCUT2D eigenvalue weighted by Crippen LogP contribution is -2.46. The van der Waals surface area contributed by atoms with E-state index in [4.69, 9.17) is 5.73 Å². The maximum atomic E-state index is 13.2. The molecule has 6 nitrogen and oxygen atoms in total. The highest BCUT2D eigenvalue weighted by molar-refractivity contribution is 5.78. The lowest BCUT2D eigenvalue weighted by Gasteiger charge is -2.36. The van der Waals surface area contributed by atoms with Crippen LogP contribution in [0.5, 0.6) is 0 Å². The van der Waals surface area contributed by atoms with E-state index in [2.05, 4.69) is 37.7 Å². The van der Waals surface area contributed by atoms with Crippen LogP contribution in [-0.4, -0.2) is 55.1 Å². The molecule has 2 aliphatic heterocycles. The molecular formula is C23H31FN6. The largest absolute Gasteiger partial charge is 0.370 e. The van der Waals surface area contributed by atoms with Crippen LogP contribution in [0.1, 0.15) is 25.3 Å².